The average Bonchev–Trinajstić information content (AvgIpc) is 3.22. The standard InChI is InChI=1S/C44H69NO14/c1-24-16-29-20-30-34(56-23-29)13-15-57-43(30,51)22-33(47)27(4)38(25(2)18-28-11-12-32(46)35(21-28)53-5)58-42(50)31-10-8-9-14-45(31)41(49)40(48)44(52)26(3)19-37(55-7)39(59-44)36(17-24)54-6/h18,20,24,26-28,30-39,46-47,51-52H,8-17,19,21-23H2,1-7H3/b25-18+/t24-,26+,27+,28-,30-,31-,32+,33-,34?,35+,36-,37-,38+,39+,43?,44+/m0/s1. The SMILES string of the molecule is CO[C@H]1C[C@@H](C)CC2=C[C@H]3C(CCOC3(O)C[C@H](O)[C@@H](C)[C@@H](/C(C)=C/[C@@H]3CC[C@@H](O)[C@H](OC)C3)OC(=O)[C@@H]3CCCCN3C(=O)C(=O)[C@]3(O)O[C@H]1[C@@H](OC)C[C@H]3C)OC2. The lowest BCUT2D eigenvalue weighted by Crippen LogP contribution is -2.64. The van der Waals surface area contributed by atoms with Crippen LogP contribution in [0.15, 0.2) is 23.3 Å². The molecular formula is C44H69NO14. The number of aliphatic hydroxyl groups excluding tert-OH is 2. The predicted molar refractivity (Wildman–Crippen MR) is 212 cm³/mol. The second-order valence-electron chi connectivity index (χ2n) is 18.3. The molecule has 1 saturated carbocycles. The van der Waals surface area contributed by atoms with Crippen molar-refractivity contribution in [3.8, 4) is 0 Å². The maximum atomic E-state index is 14.4. The molecule has 0 aromatic carbocycles. The zero-order valence-electron chi connectivity index (χ0n) is 36.0. The Morgan fingerprint density at radius 1 is 0.898 bits per heavy atom. The normalized spacial score (nSPS) is 44.8. The van der Waals surface area contributed by atoms with E-state index in [4.69, 9.17) is 33.2 Å². The fraction of sp³-hybridized carbons (Fsp3) is 0.841. The molecule has 5 aliphatic heterocycles. The maximum Gasteiger partial charge on any atom is 0.329 e. The number of ketones is 1. The number of carbonyl (C=O) groups is 3. The van der Waals surface area contributed by atoms with Gasteiger partial charge in [0.1, 0.15) is 18.2 Å². The van der Waals surface area contributed by atoms with Crippen LogP contribution in [0.5, 0.6) is 0 Å². The summed E-state index contributed by atoms with van der Waals surface area (Å²) in [5.74, 6) is -9.48. The zero-order valence-corrected chi connectivity index (χ0v) is 36.0. The molecule has 15 nitrogen and oxygen atoms in total. The molecule has 15 heteroatoms. The summed E-state index contributed by atoms with van der Waals surface area (Å²) >= 11 is 0. The molecule has 6 aliphatic rings. The van der Waals surface area contributed by atoms with Crippen molar-refractivity contribution in [2.75, 3.05) is 41.1 Å². The first-order valence-corrected chi connectivity index (χ1v) is 21.8. The number of carbonyl (C=O) groups excluding carboxylic acids is 3. The van der Waals surface area contributed by atoms with Crippen molar-refractivity contribution < 1.29 is 68.0 Å². The molecule has 0 spiro atoms. The van der Waals surface area contributed by atoms with Gasteiger partial charge < -0.3 is 58.5 Å². The summed E-state index contributed by atoms with van der Waals surface area (Å²) in [5.41, 5.74) is 1.60. The number of hydrogen-bond donors (Lipinski definition) is 4. The number of piperidine rings is 1. The highest BCUT2D eigenvalue weighted by atomic mass is 16.7. The Balaban J connectivity index is 1.39. The smallest absolute Gasteiger partial charge is 0.329 e. The molecule has 4 N–H and O–H groups in total. The Hall–Kier alpha value is -2.31. The van der Waals surface area contributed by atoms with E-state index in [2.05, 4.69) is 0 Å². The van der Waals surface area contributed by atoms with Crippen LogP contribution in [0, 0.1) is 29.6 Å². The first-order valence-electron chi connectivity index (χ1n) is 21.8. The highest BCUT2D eigenvalue weighted by molar-refractivity contribution is 6.39. The molecule has 4 fully saturated rings. The summed E-state index contributed by atoms with van der Waals surface area (Å²) in [5, 5.41) is 46.8. The first kappa shape index (κ1) is 46.2. The van der Waals surface area contributed by atoms with E-state index in [1.54, 1.807) is 21.0 Å². The Morgan fingerprint density at radius 3 is 2.32 bits per heavy atom. The summed E-state index contributed by atoms with van der Waals surface area (Å²) in [4.78, 5) is 44.2. The third kappa shape index (κ3) is 9.85. The number of allylic oxidation sites excluding steroid dienone is 1. The molecule has 3 saturated heterocycles. The lowest BCUT2D eigenvalue weighted by molar-refractivity contribution is -0.302. The zero-order chi connectivity index (χ0) is 42.8. The fourth-order valence-electron chi connectivity index (χ4n) is 10.6. The molecule has 4 bridgehead atoms. The molecule has 16 atom stereocenters. The number of ether oxygens (including phenoxy) is 7. The van der Waals surface area contributed by atoms with Crippen molar-refractivity contribution in [3.63, 3.8) is 0 Å². The van der Waals surface area contributed by atoms with E-state index >= 15 is 0 Å². The van der Waals surface area contributed by atoms with Crippen molar-refractivity contribution in [1.82, 2.24) is 4.90 Å². The van der Waals surface area contributed by atoms with Gasteiger partial charge in [0.2, 0.25) is 5.79 Å². The van der Waals surface area contributed by atoms with Crippen LogP contribution < -0.4 is 0 Å². The van der Waals surface area contributed by atoms with Gasteiger partial charge in [-0.2, -0.15) is 0 Å². The number of hydrogen-bond acceptors (Lipinski definition) is 14. The lowest BCUT2D eigenvalue weighted by Gasteiger charge is -2.47. The fourth-order valence-corrected chi connectivity index (χ4v) is 10.6. The Morgan fingerprint density at radius 2 is 1.61 bits per heavy atom. The van der Waals surface area contributed by atoms with E-state index in [0.717, 1.165) is 5.57 Å². The average molecular weight is 836 g/mol. The number of rotatable bonds is 5. The molecule has 1 aliphatic carbocycles. The molecule has 0 aromatic heterocycles. The van der Waals surface area contributed by atoms with E-state index in [1.165, 1.54) is 19.1 Å². The van der Waals surface area contributed by atoms with E-state index in [9.17, 15) is 34.8 Å². The first-order chi connectivity index (χ1) is 28.0. The molecule has 0 aromatic rings. The van der Waals surface area contributed by atoms with Crippen LogP contribution >= 0.6 is 0 Å². The molecular weight excluding hydrogens is 766 g/mol. The predicted octanol–water partition coefficient (Wildman–Crippen LogP) is 2.98. The van der Waals surface area contributed by atoms with Gasteiger partial charge >= 0.3 is 5.97 Å². The molecule has 6 rings (SSSR count). The van der Waals surface area contributed by atoms with Crippen molar-refractivity contribution in [1.29, 1.82) is 0 Å². The van der Waals surface area contributed by atoms with Crippen LogP contribution in [-0.4, -0.2) is 151 Å². The van der Waals surface area contributed by atoms with Gasteiger partial charge in [0, 0.05) is 46.1 Å². The van der Waals surface area contributed by atoms with Crippen molar-refractivity contribution in [2.45, 2.75) is 165 Å². The van der Waals surface area contributed by atoms with Crippen LogP contribution in [0.4, 0.5) is 0 Å². The lowest BCUT2D eigenvalue weighted by atomic mass is 9.78. The van der Waals surface area contributed by atoms with Crippen LogP contribution in [0.1, 0.15) is 98.3 Å². The molecule has 59 heavy (non-hydrogen) atoms. The second-order valence-corrected chi connectivity index (χ2v) is 18.3. The largest absolute Gasteiger partial charge is 0.456 e. The quantitative estimate of drug-likeness (QED) is 0.179. The minimum absolute atomic E-state index is 0.0173. The molecule has 0 radical (unpaired) electrons. The number of aliphatic hydroxyl groups is 4. The number of amides is 1. The van der Waals surface area contributed by atoms with Crippen molar-refractivity contribution in [3.05, 3.63) is 23.3 Å². The highest BCUT2D eigenvalue weighted by Gasteiger charge is 2.57. The van der Waals surface area contributed by atoms with Crippen molar-refractivity contribution >= 4 is 17.7 Å². The maximum absolute atomic E-state index is 14.4. The number of esters is 1. The number of nitrogens with zero attached hydrogens (tertiary/aromatic N) is 1. The summed E-state index contributed by atoms with van der Waals surface area (Å²) in [6.45, 7) is 7.93. The summed E-state index contributed by atoms with van der Waals surface area (Å²) in [6.07, 6.45) is 3.06. The van der Waals surface area contributed by atoms with Gasteiger partial charge in [-0.25, -0.2) is 4.79 Å². The van der Waals surface area contributed by atoms with E-state index in [-0.39, 0.29) is 56.5 Å². The van der Waals surface area contributed by atoms with Gasteiger partial charge in [-0.05, 0) is 94.1 Å². The molecule has 5 heterocycles. The van der Waals surface area contributed by atoms with Gasteiger partial charge in [0.25, 0.3) is 11.7 Å². The van der Waals surface area contributed by atoms with E-state index in [1.807, 2.05) is 26.0 Å². The van der Waals surface area contributed by atoms with Crippen molar-refractivity contribution in [2.24, 2.45) is 29.6 Å². The highest BCUT2D eigenvalue weighted by Crippen LogP contribution is 2.43. The van der Waals surface area contributed by atoms with Gasteiger partial charge in [0.05, 0.1) is 55.8 Å². The number of cyclic esters (lactones) is 1. The van der Waals surface area contributed by atoms with Crippen LogP contribution in [0.3, 0.4) is 0 Å². The second kappa shape index (κ2) is 19.4. The van der Waals surface area contributed by atoms with E-state index in [0.29, 0.717) is 63.5 Å². The topological polar surface area (TPSA) is 200 Å². The number of methoxy groups -OCH3 is 3. The minimum Gasteiger partial charge on any atom is -0.456 e. The minimum atomic E-state index is -2.52. The Labute approximate surface area is 348 Å². The Kier molecular flexibility index (Phi) is 15.2. The third-order valence-corrected chi connectivity index (χ3v) is 14.2. The van der Waals surface area contributed by atoms with E-state index < -0.39 is 89.7 Å². The number of fused-ring (bicyclic) bond motifs is 3. The summed E-state index contributed by atoms with van der Waals surface area (Å²) in [7, 11) is 4.63. The van der Waals surface area contributed by atoms with Gasteiger partial charge in [-0.3, -0.25) is 9.59 Å². The van der Waals surface area contributed by atoms with Gasteiger partial charge in [-0.15, -0.1) is 0 Å². The Bertz CT molecular complexity index is 1550. The number of Topliss-reactive ketones (excluding diaryl/α,β-unsaturated/α-hetero) is 1. The van der Waals surface area contributed by atoms with Gasteiger partial charge in [-0.1, -0.05) is 32.9 Å². The molecule has 2 unspecified atom stereocenters. The molecule has 334 valence electrons. The molecule has 1 amide bonds. The summed E-state index contributed by atoms with van der Waals surface area (Å²) in [6, 6.07) is -1.15. The van der Waals surface area contributed by atoms with Crippen LogP contribution in [0.25, 0.3) is 0 Å². The van der Waals surface area contributed by atoms with Crippen LogP contribution in [0.2, 0.25) is 0 Å². The van der Waals surface area contributed by atoms with Crippen LogP contribution in [-0.2, 0) is 47.5 Å². The summed E-state index contributed by atoms with van der Waals surface area (Å²) < 4.78 is 42.4. The van der Waals surface area contributed by atoms with Gasteiger partial charge in [0.15, 0.2) is 5.79 Å². The third-order valence-electron chi connectivity index (χ3n) is 14.2. The monoisotopic (exact) mass is 835 g/mol.